The van der Waals surface area contributed by atoms with Crippen LogP contribution in [0.2, 0.25) is 0 Å². The molecule has 3 heterocycles. The lowest BCUT2D eigenvalue weighted by Crippen LogP contribution is -2.46. The number of rotatable bonds is 4. The van der Waals surface area contributed by atoms with Gasteiger partial charge in [0, 0.05) is 17.5 Å². The Morgan fingerprint density at radius 2 is 2.26 bits per heavy atom. The molecule has 0 saturated carbocycles. The summed E-state index contributed by atoms with van der Waals surface area (Å²) in [4.78, 5) is 27.9. The molecule has 0 bridgehead atoms. The largest absolute Gasteiger partial charge is 0.394 e. The molecule has 0 atom stereocenters. The molecule has 0 fully saturated rings. The quantitative estimate of drug-likeness (QED) is 0.646. The van der Waals surface area contributed by atoms with Gasteiger partial charge >= 0.3 is 0 Å². The number of amides is 2. The summed E-state index contributed by atoms with van der Waals surface area (Å²) in [5.74, 6) is -0.444. The molecule has 0 saturated heterocycles. The van der Waals surface area contributed by atoms with Crippen molar-refractivity contribution in [3.63, 3.8) is 0 Å². The van der Waals surface area contributed by atoms with Crippen LogP contribution in [-0.2, 0) is 4.79 Å². The van der Waals surface area contributed by atoms with Crippen LogP contribution in [0.5, 0.6) is 0 Å². The Labute approximate surface area is 137 Å². The molecular weight excluding hydrogens is 314 g/mol. The summed E-state index contributed by atoms with van der Waals surface area (Å²) in [6, 6.07) is 5.42. The fraction of sp³-hybridized carbons (Fsp3) is 0.250. The zero-order valence-electron chi connectivity index (χ0n) is 12.8. The Kier molecular flexibility index (Phi) is 3.83. The first kappa shape index (κ1) is 15.5. The minimum atomic E-state index is -0.697. The fourth-order valence-electron chi connectivity index (χ4n) is 2.23. The monoisotopic (exact) mass is 331 g/mol. The Bertz CT molecular complexity index is 788. The minimum Gasteiger partial charge on any atom is -0.394 e. The van der Waals surface area contributed by atoms with Gasteiger partial charge in [0.1, 0.15) is 5.00 Å². The van der Waals surface area contributed by atoms with Crippen LogP contribution in [0, 0.1) is 0 Å². The highest BCUT2D eigenvalue weighted by Gasteiger charge is 2.29. The van der Waals surface area contributed by atoms with Gasteiger partial charge in [0.25, 0.3) is 11.8 Å². The summed E-state index contributed by atoms with van der Waals surface area (Å²) < 4.78 is 0. The molecule has 2 amide bonds. The number of aromatic nitrogens is 1. The Morgan fingerprint density at radius 3 is 2.91 bits per heavy atom. The van der Waals surface area contributed by atoms with Crippen molar-refractivity contribution >= 4 is 39.8 Å². The maximum absolute atomic E-state index is 12.3. The van der Waals surface area contributed by atoms with Crippen LogP contribution in [0.15, 0.2) is 24.4 Å². The van der Waals surface area contributed by atoms with Crippen LogP contribution in [0.4, 0.5) is 5.00 Å². The van der Waals surface area contributed by atoms with Crippen molar-refractivity contribution in [3.05, 3.63) is 40.5 Å². The summed E-state index contributed by atoms with van der Waals surface area (Å²) in [7, 11) is 0. The van der Waals surface area contributed by atoms with Gasteiger partial charge in [-0.15, -0.1) is 11.3 Å². The third-order valence-electron chi connectivity index (χ3n) is 3.49. The number of carbonyl (C=O) groups excluding carboxylic acids is 2. The van der Waals surface area contributed by atoms with Crippen LogP contribution in [0.25, 0.3) is 11.6 Å². The van der Waals surface area contributed by atoms with Gasteiger partial charge in [-0.25, -0.2) is 0 Å². The first-order chi connectivity index (χ1) is 10.9. The molecule has 120 valence electrons. The lowest BCUT2D eigenvalue weighted by molar-refractivity contribution is -0.110. The average Bonchev–Trinajstić information content (AvgIpc) is 3.18. The second-order valence-corrected chi connectivity index (χ2v) is 7.04. The molecule has 1 aliphatic rings. The molecule has 2 aromatic rings. The number of thiophene rings is 1. The second-order valence-electron chi connectivity index (χ2n) is 5.99. The summed E-state index contributed by atoms with van der Waals surface area (Å²) in [6.45, 7) is 3.33. The van der Waals surface area contributed by atoms with Gasteiger partial charge in [-0.2, -0.15) is 0 Å². The SMILES string of the molecule is CC(C)(CO)NC(=O)c1cc2c(s1)NC(=O)/C2=C/c1ccc[nH]1. The van der Waals surface area contributed by atoms with Crippen LogP contribution in [0.1, 0.15) is 34.8 Å². The molecule has 6 nitrogen and oxygen atoms in total. The third kappa shape index (κ3) is 3.06. The summed E-state index contributed by atoms with van der Waals surface area (Å²) >= 11 is 1.22. The van der Waals surface area contributed by atoms with Gasteiger partial charge in [0.2, 0.25) is 0 Å². The molecule has 23 heavy (non-hydrogen) atoms. The number of aromatic amines is 1. The predicted octanol–water partition coefficient (Wildman–Crippen LogP) is 2.07. The smallest absolute Gasteiger partial charge is 0.261 e. The van der Waals surface area contributed by atoms with Crippen molar-refractivity contribution in [1.82, 2.24) is 10.3 Å². The van der Waals surface area contributed by atoms with Gasteiger partial charge in [-0.3, -0.25) is 9.59 Å². The molecule has 0 unspecified atom stereocenters. The zero-order chi connectivity index (χ0) is 16.6. The summed E-state index contributed by atoms with van der Waals surface area (Å²) in [5.41, 5.74) is 1.37. The lowest BCUT2D eigenvalue weighted by Gasteiger charge is -2.22. The van der Waals surface area contributed by atoms with Crippen LogP contribution in [0.3, 0.4) is 0 Å². The molecule has 3 rings (SSSR count). The van der Waals surface area contributed by atoms with E-state index < -0.39 is 5.54 Å². The number of aliphatic hydroxyl groups is 1. The van der Waals surface area contributed by atoms with Crippen LogP contribution in [-0.4, -0.2) is 34.1 Å². The van der Waals surface area contributed by atoms with Gasteiger partial charge in [0.05, 0.1) is 22.6 Å². The van der Waals surface area contributed by atoms with E-state index in [1.807, 2.05) is 12.1 Å². The molecule has 1 aliphatic heterocycles. The van der Waals surface area contributed by atoms with E-state index in [0.29, 0.717) is 15.5 Å². The topological polar surface area (TPSA) is 94.2 Å². The van der Waals surface area contributed by atoms with Crippen molar-refractivity contribution in [2.45, 2.75) is 19.4 Å². The number of H-pyrrole nitrogens is 1. The summed E-state index contributed by atoms with van der Waals surface area (Å²) in [6.07, 6.45) is 3.54. The number of hydrogen-bond acceptors (Lipinski definition) is 4. The van der Waals surface area contributed by atoms with E-state index in [0.717, 1.165) is 11.3 Å². The molecule has 0 aliphatic carbocycles. The highest BCUT2D eigenvalue weighted by atomic mass is 32.1. The van der Waals surface area contributed by atoms with E-state index in [-0.39, 0.29) is 18.4 Å². The van der Waals surface area contributed by atoms with E-state index in [1.54, 1.807) is 32.2 Å². The summed E-state index contributed by atoms with van der Waals surface area (Å²) in [5, 5.41) is 15.5. The molecule has 0 radical (unpaired) electrons. The fourth-order valence-corrected chi connectivity index (χ4v) is 3.19. The highest BCUT2D eigenvalue weighted by Crippen LogP contribution is 2.39. The van der Waals surface area contributed by atoms with Gasteiger partial charge in [0.15, 0.2) is 0 Å². The first-order valence-corrected chi connectivity index (χ1v) is 7.95. The maximum Gasteiger partial charge on any atom is 0.261 e. The minimum absolute atomic E-state index is 0.154. The van der Waals surface area contributed by atoms with Crippen LogP contribution < -0.4 is 10.6 Å². The van der Waals surface area contributed by atoms with Crippen LogP contribution >= 0.6 is 11.3 Å². The first-order valence-electron chi connectivity index (χ1n) is 7.13. The lowest BCUT2D eigenvalue weighted by atomic mass is 10.1. The highest BCUT2D eigenvalue weighted by molar-refractivity contribution is 7.18. The normalized spacial score (nSPS) is 15.6. The number of carbonyl (C=O) groups is 2. The standard InChI is InChI=1S/C16H17N3O3S/c1-16(2,8-20)19-14(22)12-7-11-10(6-9-4-3-5-17-9)13(21)18-15(11)23-12/h3-7,17,20H,8H2,1-2H3,(H,18,21)(H,19,22)/b10-6+. The van der Waals surface area contributed by atoms with Crippen molar-refractivity contribution in [2.24, 2.45) is 0 Å². The molecular formula is C16H17N3O3S. The van der Waals surface area contributed by atoms with E-state index in [9.17, 15) is 14.7 Å². The number of fused-ring (bicyclic) bond motifs is 1. The third-order valence-corrected chi connectivity index (χ3v) is 4.54. The number of aliphatic hydroxyl groups excluding tert-OH is 1. The molecule has 4 N–H and O–H groups in total. The Morgan fingerprint density at radius 1 is 1.48 bits per heavy atom. The molecule has 7 heteroatoms. The molecule has 0 aromatic carbocycles. The predicted molar refractivity (Wildman–Crippen MR) is 90.2 cm³/mol. The van der Waals surface area contributed by atoms with E-state index in [4.69, 9.17) is 0 Å². The van der Waals surface area contributed by atoms with E-state index >= 15 is 0 Å². The number of nitrogens with one attached hydrogen (secondary N) is 3. The van der Waals surface area contributed by atoms with Crippen molar-refractivity contribution in [1.29, 1.82) is 0 Å². The van der Waals surface area contributed by atoms with Crippen molar-refractivity contribution in [2.75, 3.05) is 11.9 Å². The Hall–Kier alpha value is -2.38. The van der Waals surface area contributed by atoms with Gasteiger partial charge in [-0.05, 0) is 38.1 Å². The molecule has 2 aromatic heterocycles. The van der Waals surface area contributed by atoms with Crippen molar-refractivity contribution in [3.8, 4) is 0 Å². The van der Waals surface area contributed by atoms with E-state index in [2.05, 4.69) is 15.6 Å². The number of anilines is 1. The van der Waals surface area contributed by atoms with E-state index in [1.165, 1.54) is 11.3 Å². The maximum atomic E-state index is 12.3. The second kappa shape index (κ2) is 5.68. The Balaban J connectivity index is 1.89. The molecule has 0 spiro atoms. The number of hydrogen-bond donors (Lipinski definition) is 4. The van der Waals surface area contributed by atoms with Gasteiger partial charge < -0.3 is 20.7 Å². The zero-order valence-corrected chi connectivity index (χ0v) is 13.6. The average molecular weight is 331 g/mol. The van der Waals surface area contributed by atoms with Crippen molar-refractivity contribution < 1.29 is 14.7 Å². The van der Waals surface area contributed by atoms with Gasteiger partial charge in [-0.1, -0.05) is 0 Å².